The van der Waals surface area contributed by atoms with Crippen molar-refractivity contribution in [2.45, 2.75) is 77.6 Å². The van der Waals surface area contributed by atoms with E-state index in [2.05, 4.69) is 49.2 Å². The van der Waals surface area contributed by atoms with Crippen molar-refractivity contribution in [2.24, 2.45) is 5.11 Å². The number of nitrogens with zero attached hydrogens (tertiary/aromatic N) is 3. The zero-order valence-corrected chi connectivity index (χ0v) is 16.0. The molecule has 0 radical (unpaired) electrons. The average molecular weight is 329 g/mol. The Kier molecular flexibility index (Phi) is 9.40. The van der Waals surface area contributed by atoms with Gasteiger partial charge < -0.3 is 9.74 Å². The topological polar surface area (TPSA) is 87.1 Å². The molecule has 1 unspecified atom stereocenters. The second-order valence-electron chi connectivity index (χ2n) is 7.26. The molecule has 0 rings (SSSR count). The van der Waals surface area contributed by atoms with Crippen molar-refractivity contribution in [1.82, 2.24) is 5.32 Å². The summed E-state index contributed by atoms with van der Waals surface area (Å²) in [5, 5.41) is 6.71. The summed E-state index contributed by atoms with van der Waals surface area (Å²) >= 11 is 0. The van der Waals surface area contributed by atoms with Crippen molar-refractivity contribution in [2.75, 3.05) is 13.2 Å². The van der Waals surface area contributed by atoms with Gasteiger partial charge in [0, 0.05) is 30.5 Å². The van der Waals surface area contributed by atoms with Crippen LogP contribution in [0.1, 0.15) is 53.4 Å². The van der Waals surface area contributed by atoms with E-state index in [1.54, 1.807) is 0 Å². The van der Waals surface area contributed by atoms with Crippen LogP contribution in [0.25, 0.3) is 10.4 Å². The normalized spacial score (nSPS) is 13.4. The summed E-state index contributed by atoms with van der Waals surface area (Å²) in [6.07, 6.45) is 2.81. The monoisotopic (exact) mass is 328 g/mol. The molecule has 0 aromatic rings. The highest BCUT2D eigenvalue weighted by Crippen LogP contribution is 2.36. The second kappa shape index (κ2) is 9.87. The zero-order chi connectivity index (χ0) is 17.2. The fourth-order valence-electron chi connectivity index (χ4n) is 1.64. The number of azide groups is 1. The first kappa shape index (κ1) is 21.0. The second-order valence-corrected chi connectivity index (χ2v) is 12.1. The molecule has 0 fully saturated rings. The van der Waals surface area contributed by atoms with Crippen LogP contribution < -0.4 is 5.32 Å². The van der Waals surface area contributed by atoms with E-state index in [-0.39, 0.29) is 17.0 Å². The minimum Gasteiger partial charge on any atom is -0.417 e. The zero-order valence-electron chi connectivity index (χ0n) is 15.0. The summed E-state index contributed by atoms with van der Waals surface area (Å²) in [6.45, 7) is 14.3. The summed E-state index contributed by atoms with van der Waals surface area (Å²) in [6, 6.07) is -0.0456. The number of hydrogen-bond acceptors (Lipinski definition) is 3. The van der Waals surface area contributed by atoms with Crippen LogP contribution in [0.5, 0.6) is 0 Å². The van der Waals surface area contributed by atoms with Gasteiger partial charge in [-0.25, -0.2) is 0 Å². The molecule has 0 spiro atoms. The first-order valence-electron chi connectivity index (χ1n) is 8.05. The first-order valence-corrected chi connectivity index (χ1v) is 11.0. The van der Waals surface area contributed by atoms with Crippen molar-refractivity contribution >= 4 is 14.2 Å². The van der Waals surface area contributed by atoms with Gasteiger partial charge >= 0.3 is 0 Å². The Morgan fingerprint density at radius 3 is 2.55 bits per heavy atom. The summed E-state index contributed by atoms with van der Waals surface area (Å²) in [7, 11) is -1.68. The van der Waals surface area contributed by atoms with Crippen molar-refractivity contribution < 1.29 is 9.22 Å². The van der Waals surface area contributed by atoms with Gasteiger partial charge in [-0.1, -0.05) is 32.8 Å². The lowest BCUT2D eigenvalue weighted by Gasteiger charge is -2.36. The van der Waals surface area contributed by atoms with E-state index in [4.69, 9.17) is 9.96 Å². The van der Waals surface area contributed by atoms with Crippen LogP contribution in [0, 0.1) is 0 Å². The fourth-order valence-corrected chi connectivity index (χ4v) is 2.72. The van der Waals surface area contributed by atoms with Crippen LogP contribution >= 0.6 is 0 Å². The molecule has 1 amide bonds. The maximum absolute atomic E-state index is 11.7. The summed E-state index contributed by atoms with van der Waals surface area (Å²) in [5.41, 5.74) is 8.29. The van der Waals surface area contributed by atoms with E-state index in [1.807, 2.05) is 6.92 Å². The first-order chi connectivity index (χ1) is 10.1. The number of hydrogen-bond donors (Lipinski definition) is 1. The Bertz CT molecular complexity index is 387. The smallest absolute Gasteiger partial charge is 0.219 e. The fraction of sp³-hybridized carbons (Fsp3) is 0.933. The van der Waals surface area contributed by atoms with E-state index in [9.17, 15) is 4.79 Å². The molecule has 1 atom stereocenters. The Morgan fingerprint density at radius 2 is 2.00 bits per heavy atom. The molecule has 6 nitrogen and oxygen atoms in total. The highest BCUT2D eigenvalue weighted by atomic mass is 28.4. The lowest BCUT2D eigenvalue weighted by molar-refractivity contribution is -0.121. The van der Waals surface area contributed by atoms with Gasteiger partial charge in [-0.2, -0.15) is 0 Å². The van der Waals surface area contributed by atoms with E-state index < -0.39 is 8.32 Å². The van der Waals surface area contributed by atoms with Crippen molar-refractivity contribution in [1.29, 1.82) is 0 Å². The molecule has 1 N–H and O–H groups in total. The standard InChI is InChI=1S/C15H32N4O2Si/c1-13(18-19-16)9-7-10-14(20)17-11-8-12-21-22(5,6)15(2,3)4/h13H,7-12H2,1-6H3,(H,17,20). The number of rotatable bonds is 10. The predicted molar refractivity (Wildman–Crippen MR) is 93.2 cm³/mol. The number of carbonyl (C=O) groups is 1. The van der Waals surface area contributed by atoms with Crippen molar-refractivity contribution in [3.05, 3.63) is 10.4 Å². The quantitative estimate of drug-likeness (QED) is 0.212. The molecule has 0 aromatic carbocycles. The van der Waals surface area contributed by atoms with Gasteiger partial charge in [-0.05, 0) is 42.9 Å². The number of carbonyl (C=O) groups excluding carboxylic acids is 1. The van der Waals surface area contributed by atoms with Gasteiger partial charge in [-0.3, -0.25) is 4.79 Å². The molecule has 0 aliphatic heterocycles. The molecule has 7 heteroatoms. The third-order valence-corrected chi connectivity index (χ3v) is 8.73. The van der Waals surface area contributed by atoms with Crippen LogP contribution in [0.15, 0.2) is 5.11 Å². The lowest BCUT2D eigenvalue weighted by atomic mass is 10.1. The maximum Gasteiger partial charge on any atom is 0.219 e. The molecule has 0 aromatic heterocycles. The van der Waals surface area contributed by atoms with Gasteiger partial charge in [0.25, 0.3) is 0 Å². The third kappa shape index (κ3) is 9.07. The number of amides is 1. The van der Waals surface area contributed by atoms with Gasteiger partial charge in [0.1, 0.15) is 0 Å². The van der Waals surface area contributed by atoms with Gasteiger partial charge in [0.05, 0.1) is 0 Å². The molecule has 0 aliphatic carbocycles. The minimum absolute atomic E-state index is 0.0456. The molecular weight excluding hydrogens is 296 g/mol. The highest BCUT2D eigenvalue weighted by molar-refractivity contribution is 6.74. The minimum atomic E-state index is -1.68. The molecule has 0 bridgehead atoms. The van der Waals surface area contributed by atoms with Crippen LogP contribution in [-0.2, 0) is 9.22 Å². The summed E-state index contributed by atoms with van der Waals surface area (Å²) in [4.78, 5) is 14.4. The van der Waals surface area contributed by atoms with Crippen molar-refractivity contribution in [3.8, 4) is 0 Å². The molecule has 0 aliphatic rings. The largest absolute Gasteiger partial charge is 0.417 e. The summed E-state index contributed by atoms with van der Waals surface area (Å²) in [5.74, 6) is 0.0560. The maximum atomic E-state index is 11.7. The van der Waals surface area contributed by atoms with E-state index in [1.165, 1.54) is 0 Å². The van der Waals surface area contributed by atoms with Gasteiger partial charge in [-0.15, -0.1) is 0 Å². The Hall–Kier alpha value is -1.04. The Morgan fingerprint density at radius 1 is 1.36 bits per heavy atom. The van der Waals surface area contributed by atoms with Gasteiger partial charge in [0.2, 0.25) is 5.91 Å². The lowest BCUT2D eigenvalue weighted by Crippen LogP contribution is -2.41. The number of nitrogens with one attached hydrogen (secondary N) is 1. The Balaban J connectivity index is 3.72. The van der Waals surface area contributed by atoms with E-state index in [0.29, 0.717) is 19.6 Å². The summed E-state index contributed by atoms with van der Waals surface area (Å²) < 4.78 is 6.06. The predicted octanol–water partition coefficient (Wildman–Crippen LogP) is 4.38. The molecule has 0 saturated heterocycles. The Labute approximate surface area is 135 Å². The molecule has 22 heavy (non-hydrogen) atoms. The molecular formula is C15H32N4O2Si. The van der Waals surface area contributed by atoms with E-state index in [0.717, 1.165) is 19.3 Å². The molecule has 0 saturated carbocycles. The van der Waals surface area contributed by atoms with Crippen LogP contribution in [0.3, 0.4) is 0 Å². The highest BCUT2D eigenvalue weighted by Gasteiger charge is 2.36. The van der Waals surface area contributed by atoms with Crippen LogP contribution in [0.4, 0.5) is 0 Å². The van der Waals surface area contributed by atoms with Crippen LogP contribution in [0.2, 0.25) is 18.1 Å². The SMILES string of the molecule is CC(CCCC(=O)NCCCO[Si](C)(C)C(C)(C)C)N=[N+]=[N-]. The van der Waals surface area contributed by atoms with Crippen molar-refractivity contribution in [3.63, 3.8) is 0 Å². The third-order valence-electron chi connectivity index (χ3n) is 4.19. The van der Waals surface area contributed by atoms with Gasteiger partial charge in [0.15, 0.2) is 8.32 Å². The van der Waals surface area contributed by atoms with E-state index >= 15 is 0 Å². The average Bonchev–Trinajstić information content (AvgIpc) is 2.37. The van der Waals surface area contributed by atoms with Crippen LogP contribution in [-0.4, -0.2) is 33.4 Å². The molecule has 0 heterocycles. The molecule has 128 valence electrons.